The van der Waals surface area contributed by atoms with Crippen LogP contribution in [0.2, 0.25) is 0 Å². The molecule has 120 valence electrons. The number of hydrogen-bond donors (Lipinski definition) is 1. The Labute approximate surface area is 138 Å². The summed E-state index contributed by atoms with van der Waals surface area (Å²) in [7, 11) is 0. The average molecular weight is 328 g/mol. The number of benzene rings is 2. The van der Waals surface area contributed by atoms with E-state index in [0.29, 0.717) is 21.9 Å². The van der Waals surface area contributed by atoms with Gasteiger partial charge in [0.05, 0.1) is 18.1 Å². The van der Waals surface area contributed by atoms with E-state index in [1.807, 2.05) is 0 Å². The Kier molecular flexibility index (Phi) is 3.61. The van der Waals surface area contributed by atoms with Crippen LogP contribution in [0.3, 0.4) is 0 Å². The minimum absolute atomic E-state index is 0.0428. The maximum atomic E-state index is 13.3. The molecule has 0 aliphatic rings. The maximum absolute atomic E-state index is 13.3. The summed E-state index contributed by atoms with van der Waals surface area (Å²) in [6.07, 6.45) is 2.81. The largest absolute Gasteiger partial charge is 0.464 e. The molecule has 2 N–H and O–H groups in total. The summed E-state index contributed by atoms with van der Waals surface area (Å²) in [5, 5.41) is 9.50. The van der Waals surface area contributed by atoms with Crippen molar-refractivity contribution in [1.29, 1.82) is 5.26 Å². The first-order chi connectivity index (χ1) is 12.3. The third kappa shape index (κ3) is 2.73. The van der Waals surface area contributed by atoms with Crippen LogP contribution in [0.5, 0.6) is 0 Å². The Morgan fingerprint density at radius 3 is 2.17 bits per heavy atom. The first-order valence-electron chi connectivity index (χ1n) is 7.84. The highest BCUT2D eigenvalue weighted by Gasteiger charge is 2.08. The summed E-state index contributed by atoms with van der Waals surface area (Å²) in [6.45, 7) is -2.20. The molecular formula is C18H12F2N2O2. The zero-order valence-electron chi connectivity index (χ0n) is 14.2. The number of nitriles is 1. The number of rotatable bonds is 1. The van der Waals surface area contributed by atoms with Crippen molar-refractivity contribution in [3.05, 3.63) is 71.7 Å². The number of nitrogens with two attached hydrogens (primary N) is 1. The minimum Gasteiger partial charge on any atom is -0.464 e. The number of nitrogens with zero attached hydrogens (tertiary/aromatic N) is 1. The lowest BCUT2D eigenvalue weighted by molar-refractivity contribution is 0.602. The fraction of sp³-hybridized carbons (Fsp3) is 0.0556. The van der Waals surface area contributed by atoms with Gasteiger partial charge in [-0.3, -0.25) is 0 Å². The third-order valence-electron chi connectivity index (χ3n) is 3.42. The lowest BCUT2D eigenvalue weighted by Gasteiger charge is -1.99. The zero-order chi connectivity index (χ0) is 18.9. The van der Waals surface area contributed by atoms with E-state index in [9.17, 15) is 8.78 Å². The van der Waals surface area contributed by atoms with E-state index in [-0.39, 0.29) is 11.1 Å². The molecule has 0 radical (unpaired) electrons. The van der Waals surface area contributed by atoms with Gasteiger partial charge in [-0.25, -0.2) is 8.78 Å². The number of fused-ring (bicyclic) bond motifs is 2. The van der Waals surface area contributed by atoms with Crippen LogP contribution in [0.25, 0.3) is 21.9 Å². The van der Waals surface area contributed by atoms with Gasteiger partial charge in [-0.05, 0) is 36.4 Å². The van der Waals surface area contributed by atoms with E-state index < -0.39 is 18.1 Å². The quantitative estimate of drug-likeness (QED) is 0.559. The van der Waals surface area contributed by atoms with Crippen LogP contribution in [0.15, 0.2) is 57.8 Å². The van der Waals surface area contributed by atoms with Crippen molar-refractivity contribution >= 4 is 21.9 Å². The first kappa shape index (κ1) is 13.3. The lowest BCUT2D eigenvalue weighted by atomic mass is 10.1. The summed E-state index contributed by atoms with van der Waals surface area (Å²) in [5.74, 6) is -1.17. The van der Waals surface area contributed by atoms with Crippen LogP contribution < -0.4 is 5.73 Å². The zero-order valence-corrected chi connectivity index (χ0v) is 12.2. The Morgan fingerprint density at radius 2 is 1.54 bits per heavy atom. The summed E-state index contributed by atoms with van der Waals surface area (Å²) in [6, 6.07) is 10.2. The monoisotopic (exact) mass is 328 g/mol. The molecule has 0 saturated heterocycles. The standard InChI is InChI=1S/C9H8FNO.C9H4FNO/c2*10-8-1-2-9-6(3-4-12-9)7(8)5-11/h1-4H,5,11H2;1-4H/i5D2;. The summed E-state index contributed by atoms with van der Waals surface area (Å²) >= 11 is 0. The van der Waals surface area contributed by atoms with Gasteiger partial charge in [0, 0.05) is 25.6 Å². The van der Waals surface area contributed by atoms with Gasteiger partial charge in [0.2, 0.25) is 0 Å². The van der Waals surface area contributed by atoms with Crippen molar-refractivity contribution in [3.63, 3.8) is 0 Å². The Morgan fingerprint density at radius 1 is 0.958 bits per heavy atom. The van der Waals surface area contributed by atoms with E-state index >= 15 is 0 Å². The van der Waals surface area contributed by atoms with Crippen LogP contribution in [-0.2, 0) is 6.50 Å². The molecule has 2 aromatic carbocycles. The van der Waals surface area contributed by atoms with Crippen LogP contribution in [0, 0.1) is 23.0 Å². The summed E-state index contributed by atoms with van der Waals surface area (Å²) in [5.41, 5.74) is 6.08. The topological polar surface area (TPSA) is 76.1 Å². The van der Waals surface area contributed by atoms with E-state index in [0.717, 1.165) is 6.07 Å². The minimum atomic E-state index is -2.20. The first-order valence-corrected chi connectivity index (χ1v) is 6.84. The van der Waals surface area contributed by atoms with Gasteiger partial charge in [-0.1, -0.05) is 0 Å². The second-order valence-electron chi connectivity index (χ2n) is 4.77. The molecule has 4 rings (SSSR count). The molecule has 0 spiro atoms. The Hall–Kier alpha value is -3.17. The highest BCUT2D eigenvalue weighted by molar-refractivity contribution is 5.83. The van der Waals surface area contributed by atoms with Gasteiger partial charge in [-0.2, -0.15) is 5.26 Å². The Balaban J connectivity index is 0.000000152. The van der Waals surface area contributed by atoms with Crippen LogP contribution in [-0.4, -0.2) is 0 Å². The van der Waals surface area contributed by atoms with E-state index in [1.165, 1.54) is 36.8 Å². The predicted octanol–water partition coefficient (Wildman–Crippen LogP) is 4.47. The maximum Gasteiger partial charge on any atom is 0.141 e. The van der Waals surface area contributed by atoms with E-state index in [2.05, 4.69) is 0 Å². The van der Waals surface area contributed by atoms with Crippen molar-refractivity contribution in [3.8, 4) is 6.07 Å². The highest BCUT2D eigenvalue weighted by atomic mass is 19.1. The van der Waals surface area contributed by atoms with Crippen LogP contribution >= 0.6 is 0 Å². The van der Waals surface area contributed by atoms with Gasteiger partial charge in [0.1, 0.15) is 28.9 Å². The second-order valence-corrected chi connectivity index (χ2v) is 4.77. The van der Waals surface area contributed by atoms with Crippen molar-refractivity contribution in [2.75, 3.05) is 0 Å². The number of halogens is 2. The van der Waals surface area contributed by atoms with Crippen LogP contribution in [0.4, 0.5) is 8.78 Å². The molecule has 0 amide bonds. The summed E-state index contributed by atoms with van der Waals surface area (Å²) in [4.78, 5) is 0. The molecule has 0 atom stereocenters. The van der Waals surface area contributed by atoms with Gasteiger partial charge in [0.25, 0.3) is 0 Å². The molecule has 2 aromatic heterocycles. The third-order valence-corrected chi connectivity index (χ3v) is 3.42. The van der Waals surface area contributed by atoms with Crippen LogP contribution in [0.1, 0.15) is 13.9 Å². The lowest BCUT2D eigenvalue weighted by Crippen LogP contribution is -1.99. The Bertz CT molecular complexity index is 1120. The van der Waals surface area contributed by atoms with Gasteiger partial charge < -0.3 is 14.6 Å². The molecule has 0 saturated carbocycles. The molecule has 2 heterocycles. The fourth-order valence-corrected chi connectivity index (χ4v) is 2.30. The highest BCUT2D eigenvalue weighted by Crippen LogP contribution is 2.22. The van der Waals surface area contributed by atoms with E-state index in [4.69, 9.17) is 22.6 Å². The predicted molar refractivity (Wildman–Crippen MR) is 85.0 cm³/mol. The molecule has 0 fully saturated rings. The SMILES string of the molecule is N#Cc1c(F)ccc2occc12.[2H]C([2H])(N)c1c(F)ccc2occc12. The smallest absolute Gasteiger partial charge is 0.141 e. The molecule has 0 bridgehead atoms. The summed E-state index contributed by atoms with van der Waals surface area (Å²) < 4.78 is 50.9. The fourth-order valence-electron chi connectivity index (χ4n) is 2.30. The average Bonchev–Trinajstić information content (AvgIpc) is 3.22. The molecule has 6 heteroatoms. The van der Waals surface area contributed by atoms with Crippen molar-refractivity contribution in [1.82, 2.24) is 0 Å². The van der Waals surface area contributed by atoms with Gasteiger partial charge in [0.15, 0.2) is 0 Å². The van der Waals surface area contributed by atoms with E-state index in [1.54, 1.807) is 12.1 Å². The van der Waals surface area contributed by atoms with Gasteiger partial charge >= 0.3 is 0 Å². The number of hydrogen-bond acceptors (Lipinski definition) is 4. The normalized spacial score (nSPS) is 12.2. The van der Waals surface area contributed by atoms with Gasteiger partial charge in [-0.15, -0.1) is 0 Å². The van der Waals surface area contributed by atoms with Crippen molar-refractivity contribution in [2.24, 2.45) is 5.73 Å². The molecule has 0 unspecified atom stereocenters. The molecule has 4 nitrogen and oxygen atoms in total. The van der Waals surface area contributed by atoms with Crippen molar-refractivity contribution in [2.45, 2.75) is 6.50 Å². The molecular weight excluding hydrogens is 314 g/mol. The van der Waals surface area contributed by atoms with Crippen molar-refractivity contribution < 1.29 is 20.4 Å². The molecule has 4 aromatic rings. The second kappa shape index (κ2) is 6.52. The molecule has 0 aliphatic carbocycles. The molecule has 0 aliphatic heterocycles. The molecule has 24 heavy (non-hydrogen) atoms. The number of furan rings is 2.